The first kappa shape index (κ1) is 21.8. The van der Waals surface area contributed by atoms with Crippen LogP contribution in [0.5, 0.6) is 0 Å². The zero-order valence-electron chi connectivity index (χ0n) is 16.4. The minimum Gasteiger partial charge on any atom is -0.465 e. The second kappa shape index (κ2) is 10.3. The van der Waals surface area contributed by atoms with Crippen LogP contribution >= 0.6 is 0 Å². The first-order valence-electron chi connectivity index (χ1n) is 9.40. The quantitative estimate of drug-likeness (QED) is 0.443. The predicted molar refractivity (Wildman–Crippen MR) is 118 cm³/mol. The average molecular weight is 439 g/mol. The summed E-state index contributed by atoms with van der Waals surface area (Å²) in [6.07, 6.45) is 4.34. The summed E-state index contributed by atoms with van der Waals surface area (Å²) in [7, 11) is -3.80. The maximum absolute atomic E-state index is 12.5. The number of carbonyl (C=O) groups excluding carboxylic acids is 2. The molecule has 0 unspecified atom stereocenters. The van der Waals surface area contributed by atoms with Gasteiger partial charge < -0.3 is 15.1 Å². The van der Waals surface area contributed by atoms with Gasteiger partial charge >= 0.3 is 0 Å². The van der Waals surface area contributed by atoms with Crippen LogP contribution in [0.1, 0.15) is 12.2 Å². The highest BCUT2D eigenvalue weighted by atomic mass is 32.2. The first-order valence-corrected chi connectivity index (χ1v) is 10.9. The summed E-state index contributed by atoms with van der Waals surface area (Å²) in [5, 5.41) is 5.26. The van der Waals surface area contributed by atoms with Gasteiger partial charge in [0.05, 0.1) is 22.5 Å². The molecule has 0 aliphatic carbocycles. The number of sulfonamides is 1. The lowest BCUT2D eigenvalue weighted by atomic mass is 10.2. The Balaban J connectivity index is 1.54. The van der Waals surface area contributed by atoms with E-state index < -0.39 is 10.0 Å². The molecule has 2 aromatic carbocycles. The summed E-state index contributed by atoms with van der Waals surface area (Å²) in [6.45, 7) is 0.116. The molecule has 0 saturated carbocycles. The normalized spacial score (nSPS) is 11.2. The fourth-order valence-electron chi connectivity index (χ4n) is 2.60. The summed E-state index contributed by atoms with van der Waals surface area (Å²) in [5.41, 5.74) is 0.557. The van der Waals surface area contributed by atoms with Crippen molar-refractivity contribution < 1.29 is 22.4 Å². The molecule has 1 heterocycles. The van der Waals surface area contributed by atoms with E-state index in [0.29, 0.717) is 11.4 Å². The van der Waals surface area contributed by atoms with Crippen LogP contribution in [-0.4, -0.2) is 26.8 Å². The molecule has 0 spiro atoms. The molecule has 3 rings (SSSR count). The Kier molecular flexibility index (Phi) is 7.23. The van der Waals surface area contributed by atoms with Crippen molar-refractivity contribution in [3.05, 3.63) is 84.8 Å². The molecule has 0 saturated heterocycles. The highest BCUT2D eigenvalue weighted by molar-refractivity contribution is 7.92. The molecule has 160 valence electrons. The molecule has 2 amide bonds. The van der Waals surface area contributed by atoms with E-state index in [9.17, 15) is 18.0 Å². The summed E-state index contributed by atoms with van der Waals surface area (Å²) in [5.74, 6) is -0.190. The minimum atomic E-state index is -3.80. The fraction of sp³-hybridized carbons (Fsp3) is 0.0909. The third-order valence-electron chi connectivity index (χ3n) is 4.09. The molecule has 3 N–H and O–H groups in total. The molecule has 31 heavy (non-hydrogen) atoms. The molecule has 1 aromatic heterocycles. The van der Waals surface area contributed by atoms with Crippen LogP contribution in [0.15, 0.2) is 88.4 Å². The fourth-order valence-corrected chi connectivity index (χ4v) is 3.70. The monoisotopic (exact) mass is 439 g/mol. The van der Waals surface area contributed by atoms with Gasteiger partial charge in [-0.2, -0.15) is 0 Å². The van der Waals surface area contributed by atoms with Crippen LogP contribution in [0.4, 0.5) is 11.4 Å². The Morgan fingerprint density at radius 3 is 2.32 bits per heavy atom. The van der Waals surface area contributed by atoms with Crippen molar-refractivity contribution in [2.24, 2.45) is 0 Å². The Hall–Kier alpha value is -3.85. The van der Waals surface area contributed by atoms with E-state index in [2.05, 4.69) is 15.4 Å². The van der Waals surface area contributed by atoms with Crippen molar-refractivity contribution in [2.45, 2.75) is 11.3 Å². The van der Waals surface area contributed by atoms with Crippen LogP contribution in [0.2, 0.25) is 0 Å². The minimum absolute atomic E-state index is 0.0140. The van der Waals surface area contributed by atoms with Gasteiger partial charge in [-0.25, -0.2) is 8.42 Å². The Bertz CT molecular complexity index is 1160. The number of anilines is 2. The number of benzene rings is 2. The summed E-state index contributed by atoms with van der Waals surface area (Å²) in [4.78, 5) is 24.1. The molecule has 9 heteroatoms. The molecule has 0 bridgehead atoms. The summed E-state index contributed by atoms with van der Waals surface area (Å²) in [6, 6.07) is 17.8. The van der Waals surface area contributed by atoms with E-state index >= 15 is 0 Å². The van der Waals surface area contributed by atoms with Gasteiger partial charge in [-0.3, -0.25) is 14.3 Å². The van der Waals surface area contributed by atoms with Gasteiger partial charge in [0.25, 0.3) is 10.0 Å². The largest absolute Gasteiger partial charge is 0.465 e. The van der Waals surface area contributed by atoms with Gasteiger partial charge in [0.15, 0.2) is 0 Å². The van der Waals surface area contributed by atoms with Crippen molar-refractivity contribution in [3.63, 3.8) is 0 Å². The number of rotatable bonds is 9. The molecule has 0 aliphatic rings. The summed E-state index contributed by atoms with van der Waals surface area (Å²) >= 11 is 0. The SMILES string of the molecule is O=C(/C=C/c1ccco1)NCCC(=O)Nc1ccccc1NS(=O)(=O)c1ccccc1. The zero-order chi connectivity index (χ0) is 22.1. The number of hydrogen-bond donors (Lipinski definition) is 3. The van der Waals surface area contributed by atoms with Gasteiger partial charge in [0, 0.05) is 19.0 Å². The molecule has 0 atom stereocenters. The van der Waals surface area contributed by atoms with Crippen molar-refractivity contribution in [1.29, 1.82) is 0 Å². The van der Waals surface area contributed by atoms with Crippen molar-refractivity contribution in [3.8, 4) is 0 Å². The molecule has 0 fully saturated rings. The lowest BCUT2D eigenvalue weighted by molar-refractivity contribution is -0.117. The van der Waals surface area contributed by atoms with Gasteiger partial charge in [0.2, 0.25) is 11.8 Å². The van der Waals surface area contributed by atoms with Crippen LogP contribution in [0.25, 0.3) is 6.08 Å². The van der Waals surface area contributed by atoms with E-state index in [0.717, 1.165) is 0 Å². The highest BCUT2D eigenvalue weighted by Gasteiger charge is 2.16. The van der Waals surface area contributed by atoms with Crippen LogP contribution in [0, 0.1) is 0 Å². The van der Waals surface area contributed by atoms with Gasteiger partial charge in [-0.15, -0.1) is 0 Å². The molecular weight excluding hydrogens is 418 g/mol. The maximum Gasteiger partial charge on any atom is 0.261 e. The standard InChI is InChI=1S/C22H21N3O5S/c26-21(13-12-17-7-6-16-30-17)23-15-14-22(27)24-19-10-4-5-11-20(19)25-31(28,29)18-8-2-1-3-9-18/h1-13,16,25H,14-15H2,(H,23,26)(H,24,27)/b13-12+. The Morgan fingerprint density at radius 1 is 0.903 bits per heavy atom. The van der Waals surface area contributed by atoms with Gasteiger partial charge in [-0.1, -0.05) is 30.3 Å². The van der Waals surface area contributed by atoms with E-state index in [1.807, 2.05) is 0 Å². The molecule has 0 radical (unpaired) electrons. The summed E-state index contributed by atoms with van der Waals surface area (Å²) < 4.78 is 32.7. The number of amides is 2. The number of carbonyl (C=O) groups is 2. The van der Waals surface area contributed by atoms with E-state index in [1.54, 1.807) is 54.6 Å². The molecular formula is C22H21N3O5S. The molecule has 8 nitrogen and oxygen atoms in total. The topological polar surface area (TPSA) is 118 Å². The van der Waals surface area contributed by atoms with Crippen molar-refractivity contribution >= 4 is 39.3 Å². The van der Waals surface area contributed by atoms with Gasteiger partial charge in [0.1, 0.15) is 5.76 Å². The van der Waals surface area contributed by atoms with E-state index in [4.69, 9.17) is 4.42 Å². The second-order valence-electron chi connectivity index (χ2n) is 6.40. The van der Waals surface area contributed by atoms with Crippen molar-refractivity contribution in [1.82, 2.24) is 5.32 Å². The van der Waals surface area contributed by atoms with E-state index in [-0.39, 0.29) is 35.4 Å². The Labute approximate surface area is 180 Å². The Morgan fingerprint density at radius 2 is 1.61 bits per heavy atom. The predicted octanol–water partition coefficient (Wildman–Crippen LogP) is 3.24. The van der Waals surface area contributed by atoms with Crippen LogP contribution < -0.4 is 15.4 Å². The first-order chi connectivity index (χ1) is 14.9. The maximum atomic E-state index is 12.5. The van der Waals surface area contributed by atoms with Crippen LogP contribution in [0.3, 0.4) is 0 Å². The average Bonchev–Trinajstić information content (AvgIpc) is 3.28. The molecule has 3 aromatic rings. The van der Waals surface area contributed by atoms with Gasteiger partial charge in [-0.05, 0) is 42.5 Å². The number of hydrogen-bond acceptors (Lipinski definition) is 5. The molecule has 0 aliphatic heterocycles. The third-order valence-corrected chi connectivity index (χ3v) is 5.47. The number of para-hydroxylation sites is 2. The zero-order valence-corrected chi connectivity index (χ0v) is 17.3. The highest BCUT2D eigenvalue weighted by Crippen LogP contribution is 2.24. The third kappa shape index (κ3) is 6.58. The smallest absolute Gasteiger partial charge is 0.261 e. The number of furan rings is 1. The lowest BCUT2D eigenvalue weighted by Gasteiger charge is -2.13. The van der Waals surface area contributed by atoms with E-state index in [1.165, 1.54) is 30.5 Å². The lowest BCUT2D eigenvalue weighted by Crippen LogP contribution is -2.26. The second-order valence-corrected chi connectivity index (χ2v) is 8.08. The van der Waals surface area contributed by atoms with Crippen molar-refractivity contribution in [2.75, 3.05) is 16.6 Å². The van der Waals surface area contributed by atoms with Crippen LogP contribution in [-0.2, 0) is 19.6 Å². The number of nitrogens with one attached hydrogen (secondary N) is 3.